The number of piperazine rings is 1. The third kappa shape index (κ3) is 4.38. The van der Waals surface area contributed by atoms with Gasteiger partial charge in [-0.25, -0.2) is 4.39 Å². The van der Waals surface area contributed by atoms with Gasteiger partial charge < -0.3 is 16.2 Å². The largest absolute Gasteiger partial charge is 0.505 e. The second kappa shape index (κ2) is 8.20. The molecule has 1 heterocycles. The first-order valence-electron chi connectivity index (χ1n) is 7.38. The van der Waals surface area contributed by atoms with E-state index >= 15 is 0 Å². The monoisotopic (exact) mass is 351 g/mol. The van der Waals surface area contributed by atoms with Crippen LogP contribution in [0.4, 0.5) is 10.1 Å². The zero-order chi connectivity index (χ0) is 14.1. The van der Waals surface area contributed by atoms with Gasteiger partial charge in [-0.3, -0.25) is 4.90 Å². The molecule has 7 heteroatoms. The van der Waals surface area contributed by atoms with Crippen molar-refractivity contribution in [2.45, 2.75) is 25.3 Å². The highest BCUT2D eigenvalue weighted by atomic mass is 35.5. The van der Waals surface area contributed by atoms with Crippen molar-refractivity contribution < 1.29 is 9.50 Å². The molecule has 0 spiro atoms. The van der Waals surface area contributed by atoms with Gasteiger partial charge in [0.1, 0.15) is 11.6 Å². The van der Waals surface area contributed by atoms with Crippen LogP contribution in [0, 0.1) is 11.7 Å². The molecule has 1 saturated carbocycles. The molecule has 1 saturated heterocycles. The van der Waals surface area contributed by atoms with E-state index in [4.69, 9.17) is 5.73 Å². The average molecular weight is 352 g/mol. The second-order valence-corrected chi connectivity index (χ2v) is 5.91. The van der Waals surface area contributed by atoms with Crippen molar-refractivity contribution in [1.82, 2.24) is 10.2 Å². The van der Waals surface area contributed by atoms with Gasteiger partial charge >= 0.3 is 0 Å². The Bertz CT molecular complexity index is 494. The second-order valence-electron chi connectivity index (χ2n) is 5.91. The van der Waals surface area contributed by atoms with E-state index in [9.17, 15) is 9.50 Å². The number of benzene rings is 1. The van der Waals surface area contributed by atoms with E-state index in [1.165, 1.54) is 25.0 Å². The van der Waals surface area contributed by atoms with Gasteiger partial charge in [0.15, 0.2) is 0 Å². The molecule has 1 aliphatic carbocycles. The Kier molecular flexibility index (Phi) is 7.19. The molecule has 3 rings (SSSR count). The highest BCUT2D eigenvalue weighted by molar-refractivity contribution is 5.85. The number of rotatable bonds is 4. The number of nitrogens with two attached hydrogens (primary N) is 1. The van der Waals surface area contributed by atoms with Crippen LogP contribution in [0.2, 0.25) is 0 Å². The predicted molar refractivity (Wildman–Crippen MR) is 91.5 cm³/mol. The summed E-state index contributed by atoms with van der Waals surface area (Å²) < 4.78 is 13.7. The predicted octanol–water partition coefficient (Wildman–Crippen LogP) is 2.70. The van der Waals surface area contributed by atoms with E-state index in [1.54, 1.807) is 0 Å². The lowest BCUT2D eigenvalue weighted by molar-refractivity contribution is 0.158. The van der Waals surface area contributed by atoms with Crippen molar-refractivity contribution in [3.63, 3.8) is 0 Å². The normalized spacial score (nSPS) is 19.9. The van der Waals surface area contributed by atoms with Crippen molar-refractivity contribution in [3.8, 4) is 5.75 Å². The Hall–Kier alpha value is -0.750. The van der Waals surface area contributed by atoms with E-state index in [2.05, 4.69) is 10.2 Å². The number of aromatic hydroxyl groups is 1. The summed E-state index contributed by atoms with van der Waals surface area (Å²) in [4.78, 5) is 2.34. The van der Waals surface area contributed by atoms with Crippen molar-refractivity contribution in [2.24, 2.45) is 5.92 Å². The van der Waals surface area contributed by atoms with Crippen LogP contribution in [-0.2, 0) is 0 Å². The number of hydrogen-bond donors (Lipinski definition) is 3. The molecular formula is C15H24Cl2FN3O. The molecule has 126 valence electrons. The lowest BCUT2D eigenvalue weighted by atomic mass is 9.97. The molecule has 1 aromatic carbocycles. The number of nitrogens with one attached hydrogen (secondary N) is 1. The minimum atomic E-state index is -0.369. The van der Waals surface area contributed by atoms with Crippen molar-refractivity contribution in [1.29, 1.82) is 0 Å². The van der Waals surface area contributed by atoms with Crippen LogP contribution in [-0.4, -0.2) is 36.2 Å². The fraction of sp³-hybridized carbons (Fsp3) is 0.600. The zero-order valence-corrected chi connectivity index (χ0v) is 14.1. The van der Waals surface area contributed by atoms with Gasteiger partial charge in [0, 0.05) is 43.9 Å². The van der Waals surface area contributed by atoms with Gasteiger partial charge in [0.2, 0.25) is 0 Å². The first-order valence-corrected chi connectivity index (χ1v) is 7.38. The van der Waals surface area contributed by atoms with Crippen molar-refractivity contribution in [3.05, 3.63) is 23.5 Å². The third-order valence-corrected chi connectivity index (χ3v) is 4.34. The van der Waals surface area contributed by atoms with Gasteiger partial charge in [-0.2, -0.15) is 0 Å². The van der Waals surface area contributed by atoms with Crippen LogP contribution < -0.4 is 11.1 Å². The maximum Gasteiger partial charge on any atom is 0.143 e. The maximum absolute atomic E-state index is 13.7. The molecule has 0 radical (unpaired) electrons. The molecule has 2 aliphatic rings. The summed E-state index contributed by atoms with van der Waals surface area (Å²) in [7, 11) is 0. The van der Waals surface area contributed by atoms with E-state index in [-0.39, 0.29) is 48.1 Å². The number of phenolic OH excluding ortho intramolecular Hbond substituents is 1. The zero-order valence-electron chi connectivity index (χ0n) is 12.4. The Morgan fingerprint density at radius 1 is 1.27 bits per heavy atom. The Morgan fingerprint density at radius 2 is 1.91 bits per heavy atom. The number of anilines is 1. The minimum absolute atomic E-state index is 0. The average Bonchev–Trinajstić information content (AvgIpc) is 3.25. The molecule has 0 bridgehead atoms. The molecule has 0 amide bonds. The van der Waals surface area contributed by atoms with E-state index in [1.807, 2.05) is 0 Å². The first-order chi connectivity index (χ1) is 9.65. The lowest BCUT2D eigenvalue weighted by Crippen LogP contribution is -2.45. The van der Waals surface area contributed by atoms with Gasteiger partial charge in [-0.05, 0) is 18.4 Å². The topological polar surface area (TPSA) is 61.5 Å². The number of hydrogen-bond acceptors (Lipinski definition) is 4. The standard InChI is InChI=1S/C15H22FN3O.2ClH/c16-11-8-12(15(20)13(17)9-11)14(7-10-1-2-10)19-5-3-18-4-6-19;;/h8-10,14,18,20H,1-7,17H2;2*1H/t14-;;/m1../s1. The minimum Gasteiger partial charge on any atom is -0.505 e. The fourth-order valence-electron chi connectivity index (χ4n) is 3.03. The quantitative estimate of drug-likeness (QED) is 0.576. The molecule has 1 atom stereocenters. The SMILES string of the molecule is Cl.Cl.Nc1cc(F)cc([C@@H](CC2CC2)N2CCNCC2)c1O. The Balaban J connectivity index is 0.00000121. The first kappa shape index (κ1) is 19.3. The highest BCUT2D eigenvalue weighted by Gasteiger charge is 2.32. The van der Waals surface area contributed by atoms with E-state index in [0.717, 1.165) is 32.6 Å². The Morgan fingerprint density at radius 3 is 2.50 bits per heavy atom. The molecule has 1 aromatic rings. The van der Waals surface area contributed by atoms with Gasteiger partial charge in [-0.15, -0.1) is 24.8 Å². The van der Waals surface area contributed by atoms with Crippen molar-refractivity contribution >= 4 is 30.5 Å². The van der Waals surface area contributed by atoms with Crippen molar-refractivity contribution in [2.75, 3.05) is 31.9 Å². The van der Waals surface area contributed by atoms with Crippen LogP contribution in [0.1, 0.15) is 30.9 Å². The fourth-order valence-corrected chi connectivity index (χ4v) is 3.03. The molecule has 2 fully saturated rings. The maximum atomic E-state index is 13.7. The van der Waals surface area contributed by atoms with E-state index in [0.29, 0.717) is 11.5 Å². The summed E-state index contributed by atoms with van der Waals surface area (Å²) in [6, 6.07) is 2.70. The van der Waals surface area contributed by atoms with Gasteiger partial charge in [0.05, 0.1) is 5.69 Å². The molecule has 4 nitrogen and oxygen atoms in total. The van der Waals surface area contributed by atoms with E-state index < -0.39 is 0 Å². The van der Waals surface area contributed by atoms with Gasteiger partial charge in [-0.1, -0.05) is 12.8 Å². The number of nitrogen functional groups attached to an aromatic ring is 1. The van der Waals surface area contributed by atoms with Crippen LogP contribution in [0.25, 0.3) is 0 Å². The van der Waals surface area contributed by atoms with Gasteiger partial charge in [0.25, 0.3) is 0 Å². The molecule has 22 heavy (non-hydrogen) atoms. The summed E-state index contributed by atoms with van der Waals surface area (Å²) in [5.41, 5.74) is 6.50. The number of halogens is 3. The smallest absolute Gasteiger partial charge is 0.143 e. The van der Waals surface area contributed by atoms with Crippen LogP contribution in [0.15, 0.2) is 12.1 Å². The molecule has 4 N–H and O–H groups in total. The lowest BCUT2D eigenvalue weighted by Gasteiger charge is -2.35. The summed E-state index contributed by atoms with van der Waals surface area (Å²) in [6.45, 7) is 3.72. The summed E-state index contributed by atoms with van der Waals surface area (Å²) in [5, 5.41) is 13.5. The van der Waals surface area contributed by atoms with Crippen LogP contribution >= 0.6 is 24.8 Å². The summed E-state index contributed by atoms with van der Waals surface area (Å²) in [5.74, 6) is 0.389. The molecule has 0 aromatic heterocycles. The highest BCUT2D eigenvalue weighted by Crippen LogP contribution is 2.43. The Labute approximate surface area is 143 Å². The van der Waals surface area contributed by atoms with Crippen LogP contribution in [0.5, 0.6) is 5.75 Å². The number of phenols is 1. The molecular weight excluding hydrogens is 328 g/mol. The number of nitrogens with zero attached hydrogens (tertiary/aromatic N) is 1. The molecule has 0 unspecified atom stereocenters. The third-order valence-electron chi connectivity index (χ3n) is 4.34. The van der Waals surface area contributed by atoms with Crippen LogP contribution in [0.3, 0.4) is 0 Å². The summed E-state index contributed by atoms with van der Waals surface area (Å²) in [6.07, 6.45) is 3.47. The molecule has 1 aliphatic heterocycles. The summed E-state index contributed by atoms with van der Waals surface area (Å²) >= 11 is 0.